The lowest BCUT2D eigenvalue weighted by atomic mass is 10.0. The predicted molar refractivity (Wildman–Crippen MR) is 131 cm³/mol. The van der Waals surface area contributed by atoms with E-state index in [1.165, 1.54) is 28.3 Å². The van der Waals surface area contributed by atoms with Crippen LogP contribution in [0.25, 0.3) is 21.9 Å². The Hall–Kier alpha value is -2.64. The summed E-state index contributed by atoms with van der Waals surface area (Å²) in [4.78, 5) is 0. The molecule has 0 N–H and O–H groups in total. The van der Waals surface area contributed by atoms with Gasteiger partial charge in [0.1, 0.15) is 0 Å². The van der Waals surface area contributed by atoms with Gasteiger partial charge in [0, 0.05) is 5.54 Å². The maximum atomic E-state index is 2.65. The Bertz CT molecular complexity index is 1240. The van der Waals surface area contributed by atoms with E-state index >= 15 is 0 Å². The summed E-state index contributed by atoms with van der Waals surface area (Å²) in [7, 11) is -1.74. The van der Waals surface area contributed by atoms with E-state index < -0.39 is 8.07 Å². The third-order valence-electron chi connectivity index (χ3n) is 7.89. The Morgan fingerprint density at radius 1 is 0.667 bits per heavy atom. The third-order valence-corrected chi connectivity index (χ3v) is 12.5. The highest BCUT2D eigenvalue weighted by atomic mass is 28.3. The fraction of sp³-hybridized carbons (Fsp3) is 0.241. The minimum atomic E-state index is -1.74. The first-order valence-electron chi connectivity index (χ1n) is 11.3. The molecular formula is C29H28Si. The van der Waals surface area contributed by atoms with Gasteiger partial charge in [0.25, 0.3) is 0 Å². The molecule has 0 aromatic heterocycles. The minimum Gasteiger partial charge on any atom is -0.0682 e. The van der Waals surface area contributed by atoms with Gasteiger partial charge in [0.15, 0.2) is 0 Å². The molecule has 0 saturated carbocycles. The second kappa shape index (κ2) is 6.43. The van der Waals surface area contributed by atoms with E-state index in [0.717, 1.165) is 0 Å². The average Bonchev–Trinajstić information content (AvgIpc) is 3.29. The van der Waals surface area contributed by atoms with E-state index in [-0.39, 0.29) is 0 Å². The zero-order valence-electron chi connectivity index (χ0n) is 18.0. The second-order valence-corrected chi connectivity index (χ2v) is 14.8. The zero-order valence-corrected chi connectivity index (χ0v) is 19.0. The largest absolute Gasteiger partial charge is 0.0683 e. The Labute approximate surface area is 180 Å². The van der Waals surface area contributed by atoms with E-state index in [4.69, 9.17) is 0 Å². The van der Waals surface area contributed by atoms with Crippen LogP contribution in [0.3, 0.4) is 0 Å². The van der Waals surface area contributed by atoms with Crippen molar-refractivity contribution in [3.63, 3.8) is 0 Å². The third kappa shape index (κ3) is 2.39. The van der Waals surface area contributed by atoms with Crippen molar-refractivity contribution < 1.29 is 0 Å². The minimum absolute atomic E-state index is 0.565. The molecule has 0 radical (unpaired) electrons. The summed E-state index contributed by atoms with van der Waals surface area (Å²) in [6.07, 6.45) is 1.22. The highest BCUT2D eigenvalue weighted by molar-refractivity contribution is 6.81. The quantitative estimate of drug-likeness (QED) is 0.300. The van der Waals surface area contributed by atoms with Gasteiger partial charge in [-0.25, -0.2) is 0 Å². The summed E-state index contributed by atoms with van der Waals surface area (Å²) in [6.45, 7) is 7.81. The fourth-order valence-electron chi connectivity index (χ4n) is 6.89. The van der Waals surface area contributed by atoms with Crippen molar-refractivity contribution in [3.8, 4) is 11.1 Å². The summed E-state index contributed by atoms with van der Waals surface area (Å²) in [5.41, 5.74) is 10.6. The van der Waals surface area contributed by atoms with Crippen molar-refractivity contribution >= 4 is 18.8 Å². The summed E-state index contributed by atoms with van der Waals surface area (Å²) < 4.78 is 0. The number of fused-ring (bicyclic) bond motifs is 6. The monoisotopic (exact) mass is 404 g/mol. The molecule has 4 aromatic rings. The Balaban J connectivity index is 1.55. The van der Waals surface area contributed by atoms with Crippen LogP contribution in [-0.4, -0.2) is 8.07 Å². The number of benzene rings is 4. The molecule has 1 heteroatoms. The lowest BCUT2D eigenvalue weighted by molar-refractivity contribution is 0.587. The van der Waals surface area contributed by atoms with Crippen molar-refractivity contribution in [1.29, 1.82) is 0 Å². The molecular weight excluding hydrogens is 376 g/mol. The maximum absolute atomic E-state index is 2.65. The Morgan fingerprint density at radius 3 is 1.97 bits per heavy atom. The highest BCUT2D eigenvalue weighted by Gasteiger charge is 2.50. The Kier molecular flexibility index (Phi) is 3.89. The zero-order chi connectivity index (χ0) is 20.5. The average molecular weight is 405 g/mol. The van der Waals surface area contributed by atoms with Crippen LogP contribution in [0.5, 0.6) is 0 Å². The van der Waals surface area contributed by atoms with Gasteiger partial charge in [-0.05, 0) is 62.0 Å². The topological polar surface area (TPSA) is 0 Å². The summed E-state index contributed by atoms with van der Waals surface area (Å²) in [5, 5.41) is 2.86. The van der Waals surface area contributed by atoms with Crippen molar-refractivity contribution in [2.24, 2.45) is 5.92 Å². The van der Waals surface area contributed by atoms with Crippen molar-refractivity contribution in [2.45, 2.75) is 37.5 Å². The van der Waals surface area contributed by atoms with Gasteiger partial charge in [-0.15, -0.1) is 0 Å². The van der Waals surface area contributed by atoms with Crippen LogP contribution in [0.15, 0.2) is 84.9 Å². The molecule has 2 unspecified atom stereocenters. The van der Waals surface area contributed by atoms with Gasteiger partial charge < -0.3 is 0 Å². The Morgan fingerprint density at radius 2 is 1.27 bits per heavy atom. The van der Waals surface area contributed by atoms with Crippen LogP contribution in [0.1, 0.15) is 40.3 Å². The molecule has 0 saturated heterocycles. The van der Waals surface area contributed by atoms with Gasteiger partial charge in [-0.2, -0.15) is 0 Å². The van der Waals surface area contributed by atoms with E-state index in [1.807, 2.05) is 0 Å². The van der Waals surface area contributed by atoms with E-state index in [2.05, 4.69) is 105 Å². The van der Waals surface area contributed by atoms with E-state index in [1.54, 1.807) is 22.3 Å². The molecule has 0 aliphatic heterocycles. The smallest absolute Gasteiger partial charge is 0.0682 e. The molecule has 0 fully saturated rings. The highest BCUT2D eigenvalue weighted by Crippen LogP contribution is 2.56. The number of hydrogen-bond donors (Lipinski definition) is 0. The molecule has 0 bridgehead atoms. The molecule has 30 heavy (non-hydrogen) atoms. The summed E-state index contributed by atoms with van der Waals surface area (Å²) >= 11 is 0. The van der Waals surface area contributed by atoms with Gasteiger partial charge in [0.05, 0.1) is 8.07 Å². The fourth-order valence-corrected chi connectivity index (χ4v) is 12.0. The molecule has 2 atom stereocenters. The molecule has 2 aliphatic rings. The van der Waals surface area contributed by atoms with Crippen LogP contribution in [-0.2, 0) is 6.42 Å². The van der Waals surface area contributed by atoms with Gasteiger partial charge in [0.2, 0.25) is 0 Å². The van der Waals surface area contributed by atoms with Crippen molar-refractivity contribution in [1.82, 2.24) is 0 Å². The SMILES string of the molecule is CC1Cc2c(ccc3ccccc23)C1[Si](C)(C)C1c2ccccc2-c2ccccc21. The molecule has 148 valence electrons. The normalized spacial score (nSPS) is 20.2. The molecule has 0 amide bonds. The van der Waals surface area contributed by atoms with Crippen molar-refractivity contribution in [2.75, 3.05) is 0 Å². The first kappa shape index (κ1) is 18.2. The van der Waals surface area contributed by atoms with E-state index in [0.29, 0.717) is 17.0 Å². The lowest BCUT2D eigenvalue weighted by Gasteiger charge is -2.39. The van der Waals surface area contributed by atoms with Crippen LogP contribution >= 0.6 is 0 Å². The number of hydrogen-bond acceptors (Lipinski definition) is 0. The summed E-state index contributed by atoms with van der Waals surface area (Å²) in [6, 6.07) is 32.1. The van der Waals surface area contributed by atoms with Crippen molar-refractivity contribution in [3.05, 3.63) is 107 Å². The predicted octanol–water partition coefficient (Wildman–Crippen LogP) is 7.71. The molecule has 0 nitrogen and oxygen atoms in total. The molecule has 6 rings (SSSR count). The molecule has 4 aromatic carbocycles. The molecule has 0 heterocycles. The lowest BCUT2D eigenvalue weighted by Crippen LogP contribution is -2.43. The first-order valence-corrected chi connectivity index (χ1v) is 14.4. The molecule has 2 aliphatic carbocycles. The first-order chi connectivity index (χ1) is 14.6. The van der Waals surface area contributed by atoms with Gasteiger partial charge in [-0.1, -0.05) is 105 Å². The van der Waals surface area contributed by atoms with Gasteiger partial charge in [-0.3, -0.25) is 0 Å². The standard InChI is InChI=1S/C29H28Si/c1-19-18-27-21-11-5-4-10-20(21)16-17-26(27)28(19)30(2,3)29-24-14-8-6-12-22(24)23-13-7-9-15-25(23)29/h4-17,19,28-29H,18H2,1-3H3. The van der Waals surface area contributed by atoms with Crippen LogP contribution in [0.4, 0.5) is 0 Å². The van der Waals surface area contributed by atoms with Gasteiger partial charge >= 0.3 is 0 Å². The maximum Gasteiger partial charge on any atom is 0.0683 e. The van der Waals surface area contributed by atoms with Crippen LogP contribution < -0.4 is 0 Å². The van der Waals surface area contributed by atoms with Crippen LogP contribution in [0, 0.1) is 5.92 Å². The van der Waals surface area contributed by atoms with E-state index in [9.17, 15) is 0 Å². The second-order valence-electron chi connectivity index (χ2n) is 9.94. The molecule has 0 spiro atoms. The van der Waals surface area contributed by atoms with Crippen LogP contribution in [0.2, 0.25) is 13.1 Å². The summed E-state index contributed by atoms with van der Waals surface area (Å²) in [5.74, 6) is 0.701. The number of rotatable bonds is 2.